The van der Waals surface area contributed by atoms with Gasteiger partial charge in [0.05, 0.1) is 33.5 Å². The lowest BCUT2D eigenvalue weighted by atomic mass is 10.1. The molecule has 1 aromatic rings. The van der Waals surface area contributed by atoms with Gasteiger partial charge in [0.1, 0.15) is 0 Å². The zero-order valence-electron chi connectivity index (χ0n) is 14.6. The topological polar surface area (TPSA) is 109 Å². The van der Waals surface area contributed by atoms with Crippen LogP contribution >= 0.6 is 11.6 Å². The van der Waals surface area contributed by atoms with Crippen LogP contribution in [0.25, 0.3) is 0 Å². The molecular formula is C16H19ClN2O6S2. The molecule has 2 fully saturated rings. The molecule has 0 radical (unpaired) electrons. The number of halogens is 1. The molecule has 0 N–H and O–H groups in total. The number of anilines is 1. The second-order valence-electron chi connectivity index (χ2n) is 6.54. The Hall–Kier alpha value is -1.65. The molecule has 27 heavy (non-hydrogen) atoms. The highest BCUT2D eigenvalue weighted by Gasteiger charge is 2.37. The number of nitrogens with zero attached hydrogens (tertiary/aromatic N) is 2. The molecule has 0 bridgehead atoms. The molecule has 11 heteroatoms. The van der Waals surface area contributed by atoms with Gasteiger partial charge in [0.25, 0.3) is 5.91 Å². The first-order chi connectivity index (χ1) is 12.6. The maximum Gasteiger partial charge on any atom is 0.255 e. The summed E-state index contributed by atoms with van der Waals surface area (Å²) in [5, 5.41) is 0.00621. The SMILES string of the molecule is CCN(C(=O)c1ccc(N2C(=O)CCS2(=O)=O)cc1Cl)C1CCS(=O)(=O)C1. The van der Waals surface area contributed by atoms with Gasteiger partial charge in [-0.15, -0.1) is 0 Å². The third-order valence-corrected chi connectivity index (χ3v) is 8.50. The highest BCUT2D eigenvalue weighted by Crippen LogP contribution is 2.30. The summed E-state index contributed by atoms with van der Waals surface area (Å²) in [5.41, 5.74) is 0.223. The van der Waals surface area contributed by atoms with Crippen LogP contribution < -0.4 is 4.31 Å². The lowest BCUT2D eigenvalue weighted by Gasteiger charge is -2.27. The largest absolute Gasteiger partial charge is 0.335 e. The van der Waals surface area contributed by atoms with Crippen LogP contribution in [-0.2, 0) is 24.7 Å². The summed E-state index contributed by atoms with van der Waals surface area (Å²) in [5.74, 6) is -1.27. The van der Waals surface area contributed by atoms with Gasteiger partial charge >= 0.3 is 0 Å². The summed E-state index contributed by atoms with van der Waals surface area (Å²) >= 11 is 6.21. The number of benzene rings is 1. The van der Waals surface area contributed by atoms with Crippen molar-refractivity contribution in [2.24, 2.45) is 0 Å². The highest BCUT2D eigenvalue weighted by molar-refractivity contribution is 7.94. The van der Waals surface area contributed by atoms with Crippen LogP contribution in [-0.4, -0.2) is 63.4 Å². The maximum absolute atomic E-state index is 12.9. The molecule has 2 aliphatic rings. The lowest BCUT2D eigenvalue weighted by Crippen LogP contribution is -2.41. The molecule has 0 aromatic heterocycles. The standard InChI is InChI=1S/C16H19ClN2O6S2/c1-2-18(12-5-7-26(22,23)10-12)16(21)13-4-3-11(9-14(13)17)19-15(20)6-8-27(19,24)25/h3-4,9,12H,2,5-8,10H2,1H3. The molecular weight excluding hydrogens is 416 g/mol. The number of rotatable bonds is 4. The Morgan fingerprint density at radius 1 is 1.26 bits per heavy atom. The summed E-state index contributed by atoms with van der Waals surface area (Å²) in [6.45, 7) is 2.07. The van der Waals surface area contributed by atoms with Gasteiger partial charge in [-0.2, -0.15) is 0 Å². The fraction of sp³-hybridized carbons (Fsp3) is 0.500. The lowest BCUT2D eigenvalue weighted by molar-refractivity contribution is -0.116. The molecule has 0 spiro atoms. The first-order valence-corrected chi connectivity index (χ1v) is 12.2. The van der Waals surface area contributed by atoms with Crippen molar-refractivity contribution < 1.29 is 26.4 Å². The van der Waals surface area contributed by atoms with Crippen molar-refractivity contribution in [1.82, 2.24) is 4.90 Å². The minimum absolute atomic E-state index is 0.00621. The Balaban J connectivity index is 1.89. The van der Waals surface area contributed by atoms with E-state index in [-0.39, 0.29) is 40.0 Å². The third kappa shape index (κ3) is 3.83. The first kappa shape index (κ1) is 20.1. The minimum Gasteiger partial charge on any atom is -0.335 e. The Bertz CT molecular complexity index is 1010. The molecule has 148 valence electrons. The molecule has 8 nitrogen and oxygen atoms in total. The van der Waals surface area contributed by atoms with Crippen LogP contribution in [0.4, 0.5) is 5.69 Å². The van der Waals surface area contributed by atoms with Crippen molar-refractivity contribution in [1.29, 1.82) is 0 Å². The number of carbonyl (C=O) groups is 2. The van der Waals surface area contributed by atoms with E-state index in [9.17, 15) is 26.4 Å². The van der Waals surface area contributed by atoms with Gasteiger partial charge in [-0.1, -0.05) is 11.6 Å². The quantitative estimate of drug-likeness (QED) is 0.700. The van der Waals surface area contributed by atoms with Crippen molar-refractivity contribution in [3.63, 3.8) is 0 Å². The normalized spacial score (nSPS) is 23.6. The smallest absolute Gasteiger partial charge is 0.255 e. The van der Waals surface area contributed by atoms with E-state index in [2.05, 4.69) is 0 Å². The Kier molecular flexibility index (Phi) is 5.26. The molecule has 0 saturated carbocycles. The first-order valence-electron chi connectivity index (χ1n) is 8.42. The molecule has 1 unspecified atom stereocenters. The highest BCUT2D eigenvalue weighted by atomic mass is 35.5. The van der Waals surface area contributed by atoms with Gasteiger partial charge in [-0.3, -0.25) is 9.59 Å². The minimum atomic E-state index is -3.72. The number of sulfone groups is 1. The van der Waals surface area contributed by atoms with Crippen molar-refractivity contribution in [3.8, 4) is 0 Å². The predicted molar refractivity (Wildman–Crippen MR) is 101 cm³/mol. The van der Waals surface area contributed by atoms with Crippen molar-refractivity contribution in [2.75, 3.05) is 28.1 Å². The second-order valence-corrected chi connectivity index (χ2v) is 11.1. The van der Waals surface area contributed by atoms with Crippen molar-refractivity contribution in [3.05, 3.63) is 28.8 Å². The molecule has 3 rings (SSSR count). The monoisotopic (exact) mass is 434 g/mol. The van der Waals surface area contributed by atoms with E-state index < -0.39 is 37.7 Å². The van der Waals surface area contributed by atoms with Gasteiger partial charge in [0.15, 0.2) is 9.84 Å². The van der Waals surface area contributed by atoms with Crippen LogP contribution in [0.15, 0.2) is 18.2 Å². The van der Waals surface area contributed by atoms with E-state index in [1.165, 1.54) is 23.1 Å². The number of hydrogen-bond acceptors (Lipinski definition) is 6. The third-order valence-electron chi connectivity index (χ3n) is 4.75. The molecule has 2 amide bonds. The van der Waals surface area contributed by atoms with Gasteiger partial charge in [-0.25, -0.2) is 21.1 Å². The van der Waals surface area contributed by atoms with Crippen LogP contribution in [0.5, 0.6) is 0 Å². The van der Waals surface area contributed by atoms with Gasteiger partial charge in [0, 0.05) is 19.0 Å². The fourth-order valence-electron chi connectivity index (χ4n) is 3.42. The summed E-state index contributed by atoms with van der Waals surface area (Å²) in [6.07, 6.45) is 0.276. The van der Waals surface area contributed by atoms with E-state index in [0.717, 1.165) is 0 Å². The zero-order chi connectivity index (χ0) is 20.0. The zero-order valence-corrected chi connectivity index (χ0v) is 17.0. The van der Waals surface area contributed by atoms with Gasteiger partial charge < -0.3 is 4.90 Å². The van der Waals surface area contributed by atoms with E-state index >= 15 is 0 Å². The molecule has 2 heterocycles. The van der Waals surface area contributed by atoms with E-state index in [1.807, 2.05) is 0 Å². The molecule has 1 aromatic carbocycles. The molecule has 2 saturated heterocycles. The average Bonchev–Trinajstić information content (AvgIpc) is 3.06. The van der Waals surface area contributed by atoms with Crippen LogP contribution in [0.1, 0.15) is 30.1 Å². The van der Waals surface area contributed by atoms with E-state index in [4.69, 9.17) is 11.6 Å². The Labute approximate surface area is 163 Å². The molecule has 2 aliphatic heterocycles. The van der Waals surface area contributed by atoms with Crippen molar-refractivity contribution in [2.45, 2.75) is 25.8 Å². The van der Waals surface area contributed by atoms with E-state index in [1.54, 1.807) is 6.92 Å². The summed E-state index contributed by atoms with van der Waals surface area (Å²) in [7, 11) is -6.87. The maximum atomic E-state index is 12.9. The Morgan fingerprint density at radius 2 is 1.96 bits per heavy atom. The van der Waals surface area contributed by atoms with Crippen molar-refractivity contribution >= 4 is 49.0 Å². The number of amides is 2. The van der Waals surface area contributed by atoms with Gasteiger partial charge in [0.2, 0.25) is 15.9 Å². The van der Waals surface area contributed by atoms with Crippen LogP contribution in [0.2, 0.25) is 5.02 Å². The fourth-order valence-corrected chi connectivity index (χ4v) is 6.85. The van der Waals surface area contributed by atoms with Crippen LogP contribution in [0.3, 0.4) is 0 Å². The Morgan fingerprint density at radius 3 is 2.44 bits per heavy atom. The van der Waals surface area contributed by atoms with E-state index in [0.29, 0.717) is 17.3 Å². The number of carbonyl (C=O) groups excluding carboxylic acids is 2. The summed E-state index contributed by atoms with van der Waals surface area (Å²) in [4.78, 5) is 26.2. The number of hydrogen-bond donors (Lipinski definition) is 0. The predicted octanol–water partition coefficient (Wildman–Crippen LogP) is 1.06. The summed E-state index contributed by atoms with van der Waals surface area (Å²) < 4.78 is 48.2. The average molecular weight is 435 g/mol. The van der Waals surface area contributed by atoms with Gasteiger partial charge in [-0.05, 0) is 31.5 Å². The number of sulfonamides is 1. The second kappa shape index (κ2) is 7.06. The summed E-state index contributed by atoms with van der Waals surface area (Å²) in [6, 6.07) is 3.59. The molecule has 0 aliphatic carbocycles. The molecule has 1 atom stereocenters. The van der Waals surface area contributed by atoms with Crippen LogP contribution in [0, 0.1) is 0 Å².